The maximum atomic E-state index is 8.78. The summed E-state index contributed by atoms with van der Waals surface area (Å²) in [5.74, 6) is 5.31. The first kappa shape index (κ1) is 14.8. The van der Waals surface area contributed by atoms with E-state index in [-0.39, 0.29) is 5.75 Å². The average molecular weight is 194 g/mol. The van der Waals surface area contributed by atoms with Crippen molar-refractivity contribution in [3.63, 3.8) is 0 Å². The van der Waals surface area contributed by atoms with Crippen LogP contribution in [0.4, 0.5) is 5.69 Å². The number of aromatic hydroxyl groups is 1. The summed E-state index contributed by atoms with van der Waals surface area (Å²) >= 11 is 0. The number of anilines is 1. The van der Waals surface area contributed by atoms with Crippen molar-refractivity contribution in [1.82, 2.24) is 0 Å². The Kier molecular flexibility index (Phi) is 11.9. The minimum atomic E-state index is 0.244. The highest BCUT2D eigenvalue weighted by atomic mass is 16.3. The highest BCUT2D eigenvalue weighted by Gasteiger charge is 1.85. The molecule has 4 N–H and O–H groups in total. The molecule has 0 atom stereocenters. The lowest BCUT2D eigenvalue weighted by atomic mass is 10.3. The Morgan fingerprint density at radius 2 is 1.64 bits per heavy atom. The van der Waals surface area contributed by atoms with Crippen molar-refractivity contribution >= 4 is 5.69 Å². The number of allylic oxidation sites excluding steroid dienone is 1. The Balaban J connectivity index is 0. The van der Waals surface area contributed by atoms with Crippen LogP contribution in [0.1, 0.15) is 6.92 Å². The molecule has 0 spiro atoms. The van der Waals surface area contributed by atoms with Gasteiger partial charge in [-0.2, -0.15) is 0 Å². The van der Waals surface area contributed by atoms with E-state index in [1.165, 1.54) is 0 Å². The Morgan fingerprint density at radius 3 is 1.93 bits per heavy atom. The van der Waals surface area contributed by atoms with Crippen molar-refractivity contribution in [2.24, 2.45) is 5.84 Å². The Bertz CT molecular complexity index is 232. The van der Waals surface area contributed by atoms with Crippen LogP contribution >= 0.6 is 0 Å². The maximum Gasteiger partial charge on any atom is 0.115 e. The summed E-state index contributed by atoms with van der Waals surface area (Å²) < 4.78 is 0. The lowest BCUT2D eigenvalue weighted by Gasteiger charge is -1.96. The highest BCUT2D eigenvalue weighted by molar-refractivity contribution is 5.44. The molecule has 78 valence electrons. The number of phenols is 1. The lowest BCUT2D eigenvalue weighted by molar-refractivity contribution is 0.475. The molecule has 0 amide bonds. The molecule has 0 heterocycles. The molecule has 1 aromatic rings. The van der Waals surface area contributed by atoms with Gasteiger partial charge in [0.05, 0.1) is 0 Å². The molecule has 0 unspecified atom stereocenters. The predicted octanol–water partition coefficient (Wildman–Crippen LogP) is 2.67. The molecule has 0 saturated heterocycles. The van der Waals surface area contributed by atoms with Gasteiger partial charge in [-0.1, -0.05) is 6.08 Å². The van der Waals surface area contributed by atoms with E-state index in [1.807, 2.05) is 6.92 Å². The number of rotatable bonds is 1. The Labute approximate surface area is 85.5 Å². The lowest BCUT2D eigenvalue weighted by Crippen LogP contribution is -2.05. The Hall–Kier alpha value is -1.74. The summed E-state index contributed by atoms with van der Waals surface area (Å²) in [6.45, 7) is 11.2. The zero-order valence-electron chi connectivity index (χ0n) is 8.53. The number of hydrogen-bond acceptors (Lipinski definition) is 3. The van der Waals surface area contributed by atoms with Gasteiger partial charge in [-0.3, -0.25) is 5.84 Å². The summed E-state index contributed by atoms with van der Waals surface area (Å²) in [5, 5.41) is 8.78. The van der Waals surface area contributed by atoms with Crippen LogP contribution in [0, 0.1) is 0 Å². The number of hydrazine groups is 1. The first-order valence-corrected chi connectivity index (χ1v) is 4.07. The van der Waals surface area contributed by atoms with Crippen LogP contribution < -0.4 is 11.3 Å². The summed E-state index contributed by atoms with van der Waals surface area (Å²) in [5.41, 5.74) is 3.23. The van der Waals surface area contributed by atoms with E-state index in [2.05, 4.69) is 25.2 Å². The van der Waals surface area contributed by atoms with Gasteiger partial charge < -0.3 is 10.5 Å². The van der Waals surface area contributed by atoms with Gasteiger partial charge in [-0.25, -0.2) is 0 Å². The fraction of sp³-hybridized carbons (Fsp3) is 0.0909. The van der Waals surface area contributed by atoms with Crippen molar-refractivity contribution in [3.05, 3.63) is 50.1 Å². The molecule has 0 bridgehead atoms. The zero-order chi connectivity index (χ0) is 11.4. The first-order chi connectivity index (χ1) is 6.74. The third-order valence-electron chi connectivity index (χ3n) is 1.03. The minimum absolute atomic E-state index is 0.244. The Morgan fingerprint density at radius 1 is 1.29 bits per heavy atom. The van der Waals surface area contributed by atoms with Gasteiger partial charge in [0.15, 0.2) is 0 Å². The van der Waals surface area contributed by atoms with Crippen LogP contribution in [-0.2, 0) is 0 Å². The van der Waals surface area contributed by atoms with E-state index in [0.29, 0.717) is 0 Å². The number of nitrogens with two attached hydrogens (primary N) is 1. The fourth-order valence-electron chi connectivity index (χ4n) is 0.558. The van der Waals surface area contributed by atoms with Crippen LogP contribution in [0.5, 0.6) is 5.75 Å². The number of benzene rings is 1. The minimum Gasteiger partial charge on any atom is -0.508 e. The van der Waals surface area contributed by atoms with Gasteiger partial charge in [0.1, 0.15) is 5.75 Å². The number of nitrogens with one attached hydrogen (secondary N) is 1. The van der Waals surface area contributed by atoms with Crippen molar-refractivity contribution in [1.29, 1.82) is 0 Å². The zero-order valence-corrected chi connectivity index (χ0v) is 8.53. The van der Waals surface area contributed by atoms with Gasteiger partial charge in [0, 0.05) is 5.69 Å². The SMILES string of the molecule is C=C.C=CC.NNc1ccc(O)cc1. The summed E-state index contributed by atoms with van der Waals surface area (Å²) in [6.07, 6.45) is 1.75. The molecular formula is C11H18N2O. The summed E-state index contributed by atoms with van der Waals surface area (Å²) in [7, 11) is 0. The van der Waals surface area contributed by atoms with E-state index in [0.717, 1.165) is 5.69 Å². The van der Waals surface area contributed by atoms with E-state index in [4.69, 9.17) is 10.9 Å². The number of nitrogen functional groups attached to an aromatic ring is 1. The van der Waals surface area contributed by atoms with Crippen LogP contribution in [0.15, 0.2) is 50.1 Å². The molecule has 0 aliphatic heterocycles. The van der Waals surface area contributed by atoms with Gasteiger partial charge in [0.25, 0.3) is 0 Å². The molecule has 3 heteroatoms. The van der Waals surface area contributed by atoms with Gasteiger partial charge >= 0.3 is 0 Å². The average Bonchev–Trinajstić information content (AvgIpc) is 2.23. The monoisotopic (exact) mass is 194 g/mol. The first-order valence-electron chi connectivity index (χ1n) is 4.07. The van der Waals surface area contributed by atoms with Gasteiger partial charge in [-0.05, 0) is 31.2 Å². The topological polar surface area (TPSA) is 58.3 Å². The highest BCUT2D eigenvalue weighted by Crippen LogP contribution is 2.11. The molecule has 0 fully saturated rings. The van der Waals surface area contributed by atoms with E-state index in [9.17, 15) is 0 Å². The van der Waals surface area contributed by atoms with Crippen molar-refractivity contribution in [2.75, 3.05) is 5.43 Å². The largest absolute Gasteiger partial charge is 0.508 e. The molecule has 0 aliphatic carbocycles. The third-order valence-corrected chi connectivity index (χ3v) is 1.03. The second-order valence-electron chi connectivity index (χ2n) is 2.10. The molecule has 0 radical (unpaired) electrons. The van der Waals surface area contributed by atoms with Gasteiger partial charge in [0.2, 0.25) is 0 Å². The molecular weight excluding hydrogens is 176 g/mol. The molecule has 0 aliphatic rings. The molecule has 1 rings (SSSR count). The summed E-state index contributed by atoms with van der Waals surface area (Å²) in [6, 6.07) is 6.51. The second kappa shape index (κ2) is 11.3. The van der Waals surface area contributed by atoms with Crippen LogP contribution in [-0.4, -0.2) is 5.11 Å². The van der Waals surface area contributed by atoms with Crippen LogP contribution in [0.3, 0.4) is 0 Å². The number of hydrogen-bond donors (Lipinski definition) is 3. The summed E-state index contributed by atoms with van der Waals surface area (Å²) in [4.78, 5) is 0. The van der Waals surface area contributed by atoms with Crippen molar-refractivity contribution in [3.8, 4) is 5.75 Å². The molecule has 0 saturated carbocycles. The second-order valence-corrected chi connectivity index (χ2v) is 2.10. The molecule has 14 heavy (non-hydrogen) atoms. The van der Waals surface area contributed by atoms with Crippen molar-refractivity contribution < 1.29 is 5.11 Å². The number of phenolic OH excluding ortho intramolecular Hbond substituents is 1. The fourth-order valence-corrected chi connectivity index (χ4v) is 0.558. The molecule has 1 aromatic carbocycles. The van der Waals surface area contributed by atoms with E-state index >= 15 is 0 Å². The molecule has 3 nitrogen and oxygen atoms in total. The third kappa shape index (κ3) is 8.36. The predicted molar refractivity (Wildman–Crippen MR) is 63.0 cm³/mol. The van der Waals surface area contributed by atoms with Crippen LogP contribution in [0.25, 0.3) is 0 Å². The van der Waals surface area contributed by atoms with Crippen molar-refractivity contribution in [2.45, 2.75) is 6.92 Å². The van der Waals surface area contributed by atoms with Gasteiger partial charge in [-0.15, -0.1) is 19.7 Å². The normalized spacial score (nSPS) is 7.00. The van der Waals surface area contributed by atoms with E-state index < -0.39 is 0 Å². The maximum absolute atomic E-state index is 8.78. The van der Waals surface area contributed by atoms with E-state index in [1.54, 1.807) is 30.3 Å². The van der Waals surface area contributed by atoms with Crippen LogP contribution in [0.2, 0.25) is 0 Å². The smallest absolute Gasteiger partial charge is 0.115 e. The quantitative estimate of drug-likeness (QED) is 0.279. The molecule has 0 aromatic heterocycles. The standard InChI is InChI=1S/C6H8N2O.C3H6.C2H4/c7-8-5-1-3-6(9)4-2-5;1-3-2;1-2/h1-4,8-9H,7H2;3H,1H2,2H3;1-2H2.